The van der Waals surface area contributed by atoms with E-state index in [1.165, 1.54) is 0 Å². The van der Waals surface area contributed by atoms with Gasteiger partial charge < -0.3 is 35.3 Å². The number of nitrogens with one attached hydrogen (secondary N) is 1. The number of ether oxygens (including phenoxy) is 1. The molecule has 0 saturated carbocycles. The normalized spacial score (nSPS) is 16.2. The van der Waals surface area contributed by atoms with Gasteiger partial charge in [0.05, 0.1) is 6.61 Å². The summed E-state index contributed by atoms with van der Waals surface area (Å²) < 4.78 is 4.86. The molecule has 0 bridgehead atoms. The van der Waals surface area contributed by atoms with Gasteiger partial charge in [0.25, 0.3) is 0 Å². The van der Waals surface area contributed by atoms with E-state index in [0.29, 0.717) is 0 Å². The number of hydrogen-bond donors (Lipinski definition) is 5. The smallest absolute Gasteiger partial charge is 0.408 e. The second-order valence-corrected chi connectivity index (χ2v) is 4.60. The maximum atomic E-state index is 11.6. The van der Waals surface area contributed by atoms with E-state index in [9.17, 15) is 24.9 Å². The van der Waals surface area contributed by atoms with Crippen molar-refractivity contribution in [3.8, 4) is 0 Å². The van der Waals surface area contributed by atoms with Gasteiger partial charge in [-0.15, -0.1) is 0 Å². The fourth-order valence-corrected chi connectivity index (χ4v) is 1.65. The van der Waals surface area contributed by atoms with Crippen molar-refractivity contribution >= 4 is 12.4 Å². The lowest BCUT2D eigenvalue weighted by Crippen LogP contribution is -2.53. The molecule has 1 aromatic carbocycles. The first kappa shape index (κ1) is 18.1. The third-order valence-electron chi connectivity index (χ3n) is 2.94. The highest BCUT2D eigenvalue weighted by molar-refractivity contribution is 5.73. The van der Waals surface area contributed by atoms with Gasteiger partial charge >= 0.3 is 6.09 Å². The van der Waals surface area contributed by atoms with E-state index in [1.807, 2.05) is 0 Å². The lowest BCUT2D eigenvalue weighted by molar-refractivity contribution is -0.120. The Balaban J connectivity index is 2.51. The molecule has 8 nitrogen and oxygen atoms in total. The molecule has 22 heavy (non-hydrogen) atoms. The number of aldehydes is 1. The van der Waals surface area contributed by atoms with Crippen LogP contribution in [-0.2, 0) is 16.1 Å². The first-order chi connectivity index (χ1) is 10.5. The molecule has 0 aliphatic rings. The highest BCUT2D eigenvalue weighted by atomic mass is 16.5. The Morgan fingerprint density at radius 1 is 1.18 bits per heavy atom. The van der Waals surface area contributed by atoms with Crippen molar-refractivity contribution in [2.45, 2.75) is 31.0 Å². The van der Waals surface area contributed by atoms with Crippen molar-refractivity contribution in [3.05, 3.63) is 35.9 Å². The lowest BCUT2D eigenvalue weighted by Gasteiger charge is -2.25. The Kier molecular flexibility index (Phi) is 7.47. The molecule has 0 saturated heterocycles. The molecule has 0 radical (unpaired) electrons. The first-order valence-electron chi connectivity index (χ1n) is 6.57. The van der Waals surface area contributed by atoms with Crippen LogP contribution in [-0.4, -0.2) is 63.8 Å². The fourth-order valence-electron chi connectivity index (χ4n) is 1.65. The van der Waals surface area contributed by atoms with Crippen LogP contribution in [0, 0.1) is 0 Å². The maximum Gasteiger partial charge on any atom is 0.408 e. The largest absolute Gasteiger partial charge is 0.445 e. The molecule has 1 aromatic rings. The van der Waals surface area contributed by atoms with Gasteiger partial charge in [-0.2, -0.15) is 0 Å². The van der Waals surface area contributed by atoms with Crippen LogP contribution in [0.25, 0.3) is 0 Å². The van der Waals surface area contributed by atoms with Crippen LogP contribution in [0.3, 0.4) is 0 Å². The maximum absolute atomic E-state index is 11.6. The highest BCUT2D eigenvalue weighted by Gasteiger charge is 2.32. The first-order valence-corrected chi connectivity index (χ1v) is 6.57. The van der Waals surface area contributed by atoms with Crippen LogP contribution in [0.4, 0.5) is 4.79 Å². The van der Waals surface area contributed by atoms with E-state index >= 15 is 0 Å². The number of aliphatic hydroxyl groups is 4. The molecular formula is C14H19NO7. The zero-order valence-electron chi connectivity index (χ0n) is 11.7. The predicted octanol–water partition coefficient (Wildman–Crippen LogP) is -1.44. The fraction of sp³-hybridized carbons (Fsp3) is 0.429. The highest BCUT2D eigenvalue weighted by Crippen LogP contribution is 2.05. The number of hydrogen-bond acceptors (Lipinski definition) is 7. The van der Waals surface area contributed by atoms with E-state index in [-0.39, 0.29) is 12.9 Å². The Morgan fingerprint density at radius 3 is 2.36 bits per heavy atom. The zero-order chi connectivity index (χ0) is 16.5. The Morgan fingerprint density at radius 2 is 1.82 bits per heavy atom. The zero-order valence-corrected chi connectivity index (χ0v) is 11.7. The summed E-state index contributed by atoms with van der Waals surface area (Å²) in [5.74, 6) is 0. The minimum absolute atomic E-state index is 0.0316. The summed E-state index contributed by atoms with van der Waals surface area (Å²) in [5.41, 5.74) is 0.733. The Hall–Kier alpha value is -2.00. The molecule has 1 rings (SSSR count). The molecule has 5 N–H and O–H groups in total. The molecule has 1 amide bonds. The van der Waals surface area contributed by atoms with E-state index in [1.54, 1.807) is 30.3 Å². The predicted molar refractivity (Wildman–Crippen MR) is 74.7 cm³/mol. The van der Waals surface area contributed by atoms with Crippen molar-refractivity contribution in [1.82, 2.24) is 5.32 Å². The van der Waals surface area contributed by atoms with Crippen LogP contribution in [0.2, 0.25) is 0 Å². The molecule has 122 valence electrons. The second-order valence-electron chi connectivity index (χ2n) is 4.60. The van der Waals surface area contributed by atoms with Crippen LogP contribution >= 0.6 is 0 Å². The molecule has 0 aliphatic heterocycles. The van der Waals surface area contributed by atoms with Gasteiger partial charge in [0.15, 0.2) is 0 Å². The van der Waals surface area contributed by atoms with Gasteiger partial charge in [0.1, 0.15) is 37.2 Å². The van der Waals surface area contributed by atoms with Gasteiger partial charge in [0, 0.05) is 0 Å². The number of carbonyl (C=O) groups is 2. The second kappa shape index (κ2) is 9.11. The summed E-state index contributed by atoms with van der Waals surface area (Å²) in [5, 5.41) is 39.1. The summed E-state index contributed by atoms with van der Waals surface area (Å²) >= 11 is 0. The standard InChI is InChI=1S/C14H19NO7/c16-6-10(12(19)13(20)11(18)7-17)15-14(21)22-8-9-4-2-1-3-5-9/h1-6,10-13,17-20H,7-8H2,(H,15,21)/t10-,11+,12+,13+/m0/s1. The molecule has 0 heterocycles. The summed E-state index contributed by atoms with van der Waals surface area (Å²) in [4.78, 5) is 22.4. The number of alkyl carbamates (subject to hydrolysis) is 1. The van der Waals surface area contributed by atoms with Crippen LogP contribution in [0.1, 0.15) is 5.56 Å². The quantitative estimate of drug-likeness (QED) is 0.371. The number of benzene rings is 1. The monoisotopic (exact) mass is 313 g/mol. The van der Waals surface area contributed by atoms with Crippen molar-refractivity contribution in [2.24, 2.45) is 0 Å². The third-order valence-corrected chi connectivity index (χ3v) is 2.94. The van der Waals surface area contributed by atoms with E-state index in [2.05, 4.69) is 5.32 Å². The molecule has 0 unspecified atom stereocenters. The van der Waals surface area contributed by atoms with E-state index < -0.39 is 37.1 Å². The van der Waals surface area contributed by atoms with Gasteiger partial charge in [-0.25, -0.2) is 4.79 Å². The summed E-state index contributed by atoms with van der Waals surface area (Å²) in [6.45, 7) is -0.835. The molecule has 0 fully saturated rings. The molecule has 8 heteroatoms. The molecule has 4 atom stereocenters. The number of carbonyl (C=O) groups excluding carboxylic acids is 2. The SMILES string of the molecule is O=C[C@H](NC(=O)OCc1ccccc1)[C@@H](O)[C@H](O)[C@H](O)CO. The van der Waals surface area contributed by atoms with Gasteiger partial charge in [-0.05, 0) is 5.56 Å². The molecule has 0 aliphatic carbocycles. The van der Waals surface area contributed by atoms with Gasteiger partial charge in [-0.1, -0.05) is 30.3 Å². The third kappa shape index (κ3) is 5.41. The summed E-state index contributed by atoms with van der Waals surface area (Å²) in [6, 6.07) is 7.32. The number of rotatable bonds is 8. The van der Waals surface area contributed by atoms with Crippen molar-refractivity contribution in [2.75, 3.05) is 6.61 Å². The average Bonchev–Trinajstić information content (AvgIpc) is 2.56. The van der Waals surface area contributed by atoms with Crippen LogP contribution in [0.15, 0.2) is 30.3 Å². The van der Waals surface area contributed by atoms with Crippen LogP contribution < -0.4 is 5.32 Å². The Labute approximate surface area is 127 Å². The number of amides is 1. The van der Waals surface area contributed by atoms with Crippen molar-refractivity contribution < 1.29 is 34.8 Å². The summed E-state index contributed by atoms with van der Waals surface area (Å²) in [7, 11) is 0. The molecule has 0 spiro atoms. The minimum atomic E-state index is -1.80. The summed E-state index contributed by atoms with van der Waals surface area (Å²) in [6.07, 6.45) is -5.99. The molecular weight excluding hydrogens is 294 g/mol. The molecule has 0 aromatic heterocycles. The van der Waals surface area contributed by atoms with Crippen molar-refractivity contribution in [3.63, 3.8) is 0 Å². The minimum Gasteiger partial charge on any atom is -0.445 e. The van der Waals surface area contributed by atoms with E-state index in [4.69, 9.17) is 9.84 Å². The number of aliphatic hydroxyl groups excluding tert-OH is 4. The Bertz CT molecular complexity index is 468. The van der Waals surface area contributed by atoms with Crippen molar-refractivity contribution in [1.29, 1.82) is 0 Å². The topological polar surface area (TPSA) is 136 Å². The van der Waals surface area contributed by atoms with Crippen LogP contribution in [0.5, 0.6) is 0 Å². The van der Waals surface area contributed by atoms with E-state index in [0.717, 1.165) is 5.56 Å². The van der Waals surface area contributed by atoms with Gasteiger partial charge in [-0.3, -0.25) is 0 Å². The lowest BCUT2D eigenvalue weighted by atomic mass is 10.0. The van der Waals surface area contributed by atoms with Gasteiger partial charge in [0.2, 0.25) is 0 Å². The average molecular weight is 313 g/mol.